The van der Waals surface area contributed by atoms with E-state index in [1.807, 2.05) is 6.07 Å². The number of nitrogens with zero attached hydrogens (tertiary/aromatic N) is 1. The molecule has 1 saturated carbocycles. The molecule has 0 aromatic carbocycles. The normalized spacial score (nSPS) is 25.3. The zero-order valence-electron chi connectivity index (χ0n) is 9.95. The summed E-state index contributed by atoms with van der Waals surface area (Å²) in [4.78, 5) is 3.98. The summed E-state index contributed by atoms with van der Waals surface area (Å²) in [6.07, 6.45) is 8.92. The van der Waals surface area contributed by atoms with Gasteiger partial charge in [0.25, 0.3) is 0 Å². The Balaban J connectivity index is 1.81. The highest BCUT2D eigenvalue weighted by atomic mass is 14.9. The van der Waals surface area contributed by atoms with Crippen molar-refractivity contribution in [3.05, 3.63) is 18.5 Å². The van der Waals surface area contributed by atoms with Crippen LogP contribution in [0.1, 0.15) is 32.6 Å². The third-order valence-electron chi connectivity index (χ3n) is 3.57. The van der Waals surface area contributed by atoms with Gasteiger partial charge in [-0.1, -0.05) is 19.8 Å². The minimum absolute atomic E-state index is 0.742. The third kappa shape index (κ3) is 2.87. The van der Waals surface area contributed by atoms with E-state index in [9.17, 15) is 0 Å². The lowest BCUT2D eigenvalue weighted by Crippen LogP contribution is -2.20. The van der Waals surface area contributed by atoms with Crippen LogP contribution in [-0.2, 0) is 0 Å². The topological polar surface area (TPSA) is 50.9 Å². The van der Waals surface area contributed by atoms with Crippen molar-refractivity contribution in [3.63, 3.8) is 0 Å². The maximum absolute atomic E-state index is 5.83. The van der Waals surface area contributed by atoms with Crippen molar-refractivity contribution in [1.82, 2.24) is 4.98 Å². The quantitative estimate of drug-likeness (QED) is 0.821. The molecule has 2 rings (SSSR count). The van der Waals surface area contributed by atoms with E-state index >= 15 is 0 Å². The van der Waals surface area contributed by atoms with Crippen LogP contribution >= 0.6 is 0 Å². The molecule has 0 bridgehead atoms. The summed E-state index contributed by atoms with van der Waals surface area (Å²) in [6, 6.07) is 1.95. The van der Waals surface area contributed by atoms with E-state index in [0.29, 0.717) is 0 Å². The van der Waals surface area contributed by atoms with Crippen molar-refractivity contribution in [2.45, 2.75) is 32.6 Å². The van der Waals surface area contributed by atoms with Crippen LogP contribution in [0.3, 0.4) is 0 Å². The zero-order valence-corrected chi connectivity index (χ0v) is 9.95. The first-order valence-electron chi connectivity index (χ1n) is 6.19. The van der Waals surface area contributed by atoms with E-state index in [1.165, 1.54) is 25.7 Å². The van der Waals surface area contributed by atoms with Gasteiger partial charge in [0.2, 0.25) is 0 Å². The smallest absolute Gasteiger partial charge is 0.0736 e. The van der Waals surface area contributed by atoms with Crippen LogP contribution < -0.4 is 11.1 Å². The molecule has 3 nitrogen and oxygen atoms in total. The van der Waals surface area contributed by atoms with Crippen LogP contribution in [0, 0.1) is 11.8 Å². The van der Waals surface area contributed by atoms with Crippen molar-refractivity contribution in [2.75, 3.05) is 17.6 Å². The van der Waals surface area contributed by atoms with Gasteiger partial charge in [-0.25, -0.2) is 0 Å². The molecule has 1 aliphatic rings. The van der Waals surface area contributed by atoms with E-state index in [4.69, 9.17) is 5.73 Å². The highest BCUT2D eigenvalue weighted by Crippen LogP contribution is 2.28. The van der Waals surface area contributed by atoms with Crippen molar-refractivity contribution in [1.29, 1.82) is 0 Å². The van der Waals surface area contributed by atoms with Gasteiger partial charge in [0.05, 0.1) is 17.6 Å². The molecule has 3 N–H and O–H groups in total. The average molecular weight is 219 g/mol. The maximum Gasteiger partial charge on any atom is 0.0736 e. The lowest BCUT2D eigenvalue weighted by Gasteiger charge is -2.26. The molecule has 0 radical (unpaired) electrons. The fourth-order valence-corrected chi connectivity index (χ4v) is 2.36. The number of nitrogen functional groups attached to an aromatic ring is 1. The molecule has 0 unspecified atom stereocenters. The zero-order chi connectivity index (χ0) is 11.4. The molecule has 16 heavy (non-hydrogen) atoms. The Labute approximate surface area is 97.5 Å². The lowest BCUT2D eigenvalue weighted by atomic mass is 9.83. The highest BCUT2D eigenvalue weighted by molar-refractivity contribution is 5.64. The standard InChI is InChI=1S/C13H21N3/c1-10-2-4-11(5-3-10)8-16-13-6-7-15-9-12(13)14/h6-7,9-11H,2-5,8,14H2,1H3,(H,15,16). The molecule has 0 saturated heterocycles. The summed E-state index contributed by atoms with van der Waals surface area (Å²) in [5, 5.41) is 3.43. The first-order chi connectivity index (χ1) is 7.75. The second-order valence-corrected chi connectivity index (χ2v) is 4.97. The van der Waals surface area contributed by atoms with Crippen LogP contribution in [0.5, 0.6) is 0 Å². The van der Waals surface area contributed by atoms with Gasteiger partial charge in [0, 0.05) is 12.7 Å². The van der Waals surface area contributed by atoms with Gasteiger partial charge in [0.15, 0.2) is 0 Å². The van der Waals surface area contributed by atoms with Crippen LogP contribution in [0.25, 0.3) is 0 Å². The summed E-state index contributed by atoms with van der Waals surface area (Å²) in [5.74, 6) is 1.73. The van der Waals surface area contributed by atoms with Gasteiger partial charge in [0.1, 0.15) is 0 Å². The minimum atomic E-state index is 0.742. The maximum atomic E-state index is 5.83. The first kappa shape index (κ1) is 11.2. The fraction of sp³-hybridized carbons (Fsp3) is 0.615. The molecule has 1 heterocycles. The molecule has 1 aromatic heterocycles. The summed E-state index contributed by atoms with van der Waals surface area (Å²) in [7, 11) is 0. The van der Waals surface area contributed by atoms with Crippen molar-refractivity contribution < 1.29 is 0 Å². The third-order valence-corrected chi connectivity index (χ3v) is 3.57. The largest absolute Gasteiger partial charge is 0.396 e. The number of rotatable bonds is 3. The Morgan fingerprint density at radius 2 is 2.12 bits per heavy atom. The van der Waals surface area contributed by atoms with E-state index < -0.39 is 0 Å². The minimum Gasteiger partial charge on any atom is -0.396 e. The SMILES string of the molecule is CC1CCC(CNc2ccncc2N)CC1. The number of hydrogen-bond acceptors (Lipinski definition) is 3. The summed E-state index contributed by atoms with van der Waals surface area (Å²) in [6.45, 7) is 3.39. The highest BCUT2D eigenvalue weighted by Gasteiger charge is 2.17. The van der Waals surface area contributed by atoms with Gasteiger partial charge in [-0.3, -0.25) is 4.98 Å². The molecule has 0 aliphatic heterocycles. The molecular formula is C13H21N3. The van der Waals surface area contributed by atoms with Gasteiger partial charge < -0.3 is 11.1 Å². The number of pyridine rings is 1. The van der Waals surface area contributed by atoms with Crippen molar-refractivity contribution >= 4 is 11.4 Å². The molecule has 1 aromatic rings. The van der Waals surface area contributed by atoms with E-state index in [0.717, 1.165) is 29.8 Å². The fourth-order valence-electron chi connectivity index (χ4n) is 2.36. The predicted octanol–water partition coefficient (Wildman–Crippen LogP) is 2.90. The Kier molecular flexibility index (Phi) is 3.65. The molecule has 0 atom stereocenters. The van der Waals surface area contributed by atoms with Gasteiger partial charge >= 0.3 is 0 Å². The lowest BCUT2D eigenvalue weighted by molar-refractivity contribution is 0.300. The summed E-state index contributed by atoms with van der Waals surface area (Å²) >= 11 is 0. The van der Waals surface area contributed by atoms with Gasteiger partial charge in [-0.15, -0.1) is 0 Å². The van der Waals surface area contributed by atoms with Crippen molar-refractivity contribution in [3.8, 4) is 0 Å². The predicted molar refractivity (Wildman–Crippen MR) is 68.3 cm³/mol. The Morgan fingerprint density at radius 3 is 2.81 bits per heavy atom. The second kappa shape index (κ2) is 5.19. The van der Waals surface area contributed by atoms with Gasteiger partial charge in [-0.05, 0) is 30.7 Å². The summed E-state index contributed by atoms with van der Waals surface area (Å²) in [5.41, 5.74) is 7.60. The molecule has 88 valence electrons. The Hall–Kier alpha value is -1.25. The molecule has 0 amide bonds. The van der Waals surface area contributed by atoms with Crippen LogP contribution in [0.2, 0.25) is 0 Å². The second-order valence-electron chi connectivity index (χ2n) is 4.97. The van der Waals surface area contributed by atoms with E-state index in [1.54, 1.807) is 12.4 Å². The molecule has 1 aliphatic carbocycles. The Morgan fingerprint density at radius 1 is 1.38 bits per heavy atom. The molecule has 3 heteroatoms. The van der Waals surface area contributed by atoms with Crippen LogP contribution in [-0.4, -0.2) is 11.5 Å². The van der Waals surface area contributed by atoms with Crippen LogP contribution in [0.15, 0.2) is 18.5 Å². The molecule has 1 fully saturated rings. The number of nitrogens with two attached hydrogens (primary N) is 1. The van der Waals surface area contributed by atoms with Crippen molar-refractivity contribution in [2.24, 2.45) is 11.8 Å². The monoisotopic (exact) mass is 219 g/mol. The Bertz CT molecular complexity index is 330. The number of anilines is 2. The molecular weight excluding hydrogens is 198 g/mol. The van der Waals surface area contributed by atoms with Crippen LogP contribution in [0.4, 0.5) is 11.4 Å². The summed E-state index contributed by atoms with van der Waals surface area (Å²) < 4.78 is 0. The number of nitrogens with one attached hydrogen (secondary N) is 1. The first-order valence-corrected chi connectivity index (χ1v) is 6.19. The molecule has 0 spiro atoms. The van der Waals surface area contributed by atoms with Gasteiger partial charge in [-0.2, -0.15) is 0 Å². The van der Waals surface area contributed by atoms with E-state index in [-0.39, 0.29) is 0 Å². The number of hydrogen-bond donors (Lipinski definition) is 2. The average Bonchev–Trinajstić information content (AvgIpc) is 2.30. The van der Waals surface area contributed by atoms with E-state index in [2.05, 4.69) is 17.2 Å². The number of aromatic nitrogens is 1.